The molecule has 3 nitrogen and oxygen atoms in total. The van der Waals surface area contributed by atoms with Gasteiger partial charge in [-0.25, -0.2) is 0 Å². The standard InChI is InChI=1S/C22H26N2O/c23-21-11-9-19(10-12-21)6-4-5-15-24-16-13-22(25,14-17-24)18-20-7-2-1-3-8-20/h1-3,7-12,25H,5,13-18,23H2. The fraction of sp³-hybridized carbons (Fsp3) is 0.364. The van der Waals surface area contributed by atoms with Crippen LogP contribution in [-0.4, -0.2) is 35.2 Å². The predicted molar refractivity (Wildman–Crippen MR) is 103 cm³/mol. The molecule has 0 bridgehead atoms. The Hall–Kier alpha value is -2.28. The molecular weight excluding hydrogens is 308 g/mol. The van der Waals surface area contributed by atoms with Crippen molar-refractivity contribution < 1.29 is 5.11 Å². The maximum absolute atomic E-state index is 10.8. The van der Waals surface area contributed by atoms with E-state index in [-0.39, 0.29) is 0 Å². The largest absolute Gasteiger partial charge is 0.399 e. The number of benzene rings is 2. The summed E-state index contributed by atoms with van der Waals surface area (Å²) in [4.78, 5) is 2.40. The van der Waals surface area contributed by atoms with Crippen LogP contribution in [0.25, 0.3) is 0 Å². The molecule has 2 aromatic rings. The van der Waals surface area contributed by atoms with Crippen LogP contribution in [-0.2, 0) is 6.42 Å². The van der Waals surface area contributed by atoms with Crippen LogP contribution < -0.4 is 5.73 Å². The van der Waals surface area contributed by atoms with Crippen LogP contribution in [0.5, 0.6) is 0 Å². The number of nitrogens with two attached hydrogens (primary N) is 1. The highest BCUT2D eigenvalue weighted by atomic mass is 16.3. The van der Waals surface area contributed by atoms with Crippen LogP contribution in [0.3, 0.4) is 0 Å². The minimum Gasteiger partial charge on any atom is -0.399 e. The van der Waals surface area contributed by atoms with Crippen LogP contribution in [0.4, 0.5) is 5.69 Å². The Kier molecular flexibility index (Phi) is 5.75. The smallest absolute Gasteiger partial charge is 0.0712 e. The van der Waals surface area contributed by atoms with Crippen LogP contribution >= 0.6 is 0 Å². The van der Waals surface area contributed by atoms with E-state index < -0.39 is 5.60 Å². The number of aliphatic hydroxyl groups is 1. The van der Waals surface area contributed by atoms with Gasteiger partial charge in [-0.05, 0) is 42.7 Å². The van der Waals surface area contributed by atoms with Gasteiger partial charge in [0.15, 0.2) is 0 Å². The summed E-state index contributed by atoms with van der Waals surface area (Å²) in [7, 11) is 0. The number of anilines is 1. The van der Waals surface area contributed by atoms with E-state index in [4.69, 9.17) is 5.73 Å². The zero-order valence-corrected chi connectivity index (χ0v) is 14.6. The Bertz CT molecular complexity index is 720. The second kappa shape index (κ2) is 8.20. The summed E-state index contributed by atoms with van der Waals surface area (Å²) < 4.78 is 0. The molecule has 0 radical (unpaired) electrons. The van der Waals surface area contributed by atoms with Gasteiger partial charge in [0.05, 0.1) is 5.60 Å². The highest BCUT2D eigenvalue weighted by Crippen LogP contribution is 2.26. The van der Waals surface area contributed by atoms with Gasteiger partial charge >= 0.3 is 0 Å². The Balaban J connectivity index is 1.43. The molecule has 1 fully saturated rings. The first-order valence-electron chi connectivity index (χ1n) is 8.96. The van der Waals surface area contributed by atoms with Crippen molar-refractivity contribution in [3.8, 4) is 11.8 Å². The topological polar surface area (TPSA) is 49.5 Å². The third-order valence-corrected chi connectivity index (χ3v) is 4.86. The molecule has 1 aliphatic heterocycles. The normalized spacial score (nSPS) is 16.8. The van der Waals surface area contributed by atoms with E-state index in [1.807, 2.05) is 42.5 Å². The third-order valence-electron chi connectivity index (χ3n) is 4.86. The molecule has 3 N–H and O–H groups in total. The maximum Gasteiger partial charge on any atom is 0.0712 e. The first-order chi connectivity index (χ1) is 12.1. The summed E-state index contributed by atoms with van der Waals surface area (Å²) in [6.07, 6.45) is 3.25. The lowest BCUT2D eigenvalue weighted by Gasteiger charge is -2.38. The van der Waals surface area contributed by atoms with Crippen molar-refractivity contribution in [2.45, 2.75) is 31.3 Å². The average molecular weight is 334 g/mol. The molecule has 0 atom stereocenters. The van der Waals surface area contributed by atoms with E-state index in [9.17, 15) is 5.11 Å². The van der Waals surface area contributed by atoms with Gasteiger partial charge in [0.2, 0.25) is 0 Å². The molecule has 0 unspecified atom stereocenters. The van der Waals surface area contributed by atoms with Crippen LogP contribution in [0.15, 0.2) is 54.6 Å². The van der Waals surface area contributed by atoms with E-state index in [0.29, 0.717) is 0 Å². The second-order valence-electron chi connectivity index (χ2n) is 6.90. The van der Waals surface area contributed by atoms with Crippen molar-refractivity contribution in [2.24, 2.45) is 0 Å². The Labute approximate surface area is 150 Å². The van der Waals surface area contributed by atoms with Gasteiger partial charge in [-0.1, -0.05) is 42.2 Å². The molecule has 1 heterocycles. The van der Waals surface area contributed by atoms with Crippen molar-refractivity contribution in [1.29, 1.82) is 0 Å². The van der Waals surface area contributed by atoms with Gasteiger partial charge in [0.25, 0.3) is 0 Å². The lowest BCUT2D eigenvalue weighted by molar-refractivity contribution is -0.0200. The van der Waals surface area contributed by atoms with Gasteiger partial charge in [-0.3, -0.25) is 0 Å². The predicted octanol–water partition coefficient (Wildman–Crippen LogP) is 3.08. The van der Waals surface area contributed by atoms with Crippen LogP contribution in [0.2, 0.25) is 0 Å². The molecular formula is C22H26N2O. The zero-order chi connectivity index (χ0) is 17.5. The van der Waals surface area contributed by atoms with Gasteiger partial charge < -0.3 is 15.7 Å². The highest BCUT2D eigenvalue weighted by Gasteiger charge is 2.31. The number of nitrogen functional groups attached to an aromatic ring is 1. The van der Waals surface area contributed by atoms with E-state index >= 15 is 0 Å². The molecule has 3 rings (SSSR count). The summed E-state index contributed by atoms with van der Waals surface area (Å²) in [6.45, 7) is 2.84. The molecule has 1 aliphatic rings. The number of rotatable bonds is 4. The van der Waals surface area contributed by atoms with Crippen molar-refractivity contribution in [3.63, 3.8) is 0 Å². The average Bonchev–Trinajstić information content (AvgIpc) is 2.62. The first kappa shape index (κ1) is 17.5. The van der Waals surface area contributed by atoms with E-state index in [1.165, 1.54) is 5.56 Å². The summed E-state index contributed by atoms with van der Waals surface area (Å²) in [5, 5.41) is 10.8. The van der Waals surface area contributed by atoms with Gasteiger partial charge in [0.1, 0.15) is 0 Å². The summed E-state index contributed by atoms with van der Waals surface area (Å²) >= 11 is 0. The third kappa shape index (κ3) is 5.35. The van der Waals surface area contributed by atoms with Crippen LogP contribution in [0.1, 0.15) is 30.4 Å². The van der Waals surface area contributed by atoms with Gasteiger partial charge in [0, 0.05) is 43.7 Å². The molecule has 1 saturated heterocycles. The molecule has 130 valence electrons. The second-order valence-corrected chi connectivity index (χ2v) is 6.90. The Morgan fingerprint density at radius 2 is 1.68 bits per heavy atom. The monoisotopic (exact) mass is 334 g/mol. The lowest BCUT2D eigenvalue weighted by Crippen LogP contribution is -2.45. The summed E-state index contributed by atoms with van der Waals surface area (Å²) in [5.74, 6) is 6.41. The number of likely N-dealkylation sites (tertiary alicyclic amines) is 1. The summed E-state index contributed by atoms with van der Waals surface area (Å²) in [6, 6.07) is 17.9. The zero-order valence-electron chi connectivity index (χ0n) is 14.6. The molecule has 0 amide bonds. The minimum absolute atomic E-state index is 0.562. The quantitative estimate of drug-likeness (QED) is 0.667. The maximum atomic E-state index is 10.8. The summed E-state index contributed by atoms with van der Waals surface area (Å²) in [5.41, 5.74) is 8.10. The van der Waals surface area contributed by atoms with Crippen molar-refractivity contribution in [2.75, 3.05) is 25.4 Å². The van der Waals surface area contributed by atoms with E-state index in [1.54, 1.807) is 0 Å². The Morgan fingerprint density at radius 1 is 1.00 bits per heavy atom. The number of piperidine rings is 1. The van der Waals surface area contributed by atoms with E-state index in [2.05, 4.69) is 28.9 Å². The SMILES string of the molecule is Nc1ccc(C#CCCN2CCC(O)(Cc3ccccc3)CC2)cc1. The fourth-order valence-corrected chi connectivity index (χ4v) is 3.29. The van der Waals surface area contributed by atoms with Crippen molar-refractivity contribution >= 4 is 5.69 Å². The lowest BCUT2D eigenvalue weighted by atomic mass is 9.85. The number of hydrogen-bond acceptors (Lipinski definition) is 3. The fourth-order valence-electron chi connectivity index (χ4n) is 3.29. The van der Waals surface area contributed by atoms with Crippen molar-refractivity contribution in [3.05, 3.63) is 65.7 Å². The molecule has 0 spiro atoms. The number of nitrogens with zero attached hydrogens (tertiary/aromatic N) is 1. The van der Waals surface area contributed by atoms with Crippen molar-refractivity contribution in [1.82, 2.24) is 4.90 Å². The molecule has 0 saturated carbocycles. The molecule has 0 aromatic heterocycles. The van der Waals surface area contributed by atoms with Crippen LogP contribution in [0, 0.1) is 11.8 Å². The number of hydrogen-bond donors (Lipinski definition) is 2. The minimum atomic E-state index is -0.562. The molecule has 2 aromatic carbocycles. The first-order valence-corrected chi connectivity index (χ1v) is 8.96. The molecule has 0 aliphatic carbocycles. The van der Waals surface area contributed by atoms with Gasteiger partial charge in [-0.15, -0.1) is 0 Å². The molecule has 3 heteroatoms. The highest BCUT2D eigenvalue weighted by molar-refractivity contribution is 5.44. The van der Waals surface area contributed by atoms with E-state index in [0.717, 1.165) is 56.6 Å². The van der Waals surface area contributed by atoms with Gasteiger partial charge in [-0.2, -0.15) is 0 Å². The Morgan fingerprint density at radius 3 is 2.36 bits per heavy atom. The molecule has 25 heavy (non-hydrogen) atoms.